The molecular formula is C11H12ClNO. The van der Waals surface area contributed by atoms with Gasteiger partial charge in [0.15, 0.2) is 0 Å². The molecule has 1 aromatic rings. The van der Waals surface area contributed by atoms with Crippen LogP contribution < -0.4 is 0 Å². The summed E-state index contributed by atoms with van der Waals surface area (Å²) in [4.78, 5) is 4.25. The zero-order valence-electron chi connectivity index (χ0n) is 8.00. The Kier molecular flexibility index (Phi) is 2.33. The summed E-state index contributed by atoms with van der Waals surface area (Å²) in [6, 6.07) is 3.69. The van der Waals surface area contributed by atoms with E-state index in [4.69, 9.17) is 11.6 Å². The number of fused-ring (bicyclic) bond motifs is 1. The molecule has 2 atom stereocenters. The molecule has 1 heterocycles. The van der Waals surface area contributed by atoms with Gasteiger partial charge >= 0.3 is 0 Å². The zero-order valence-corrected chi connectivity index (χ0v) is 8.75. The molecule has 1 N–H and O–H groups in total. The lowest BCUT2D eigenvalue weighted by atomic mass is 9.97. The summed E-state index contributed by atoms with van der Waals surface area (Å²) < 4.78 is 0. The van der Waals surface area contributed by atoms with Crippen LogP contribution in [0.3, 0.4) is 0 Å². The van der Waals surface area contributed by atoms with Crippen molar-refractivity contribution < 1.29 is 5.11 Å². The number of hydrogen-bond acceptors (Lipinski definition) is 2. The first-order chi connectivity index (χ1) is 6.59. The third kappa shape index (κ3) is 1.45. The van der Waals surface area contributed by atoms with Gasteiger partial charge in [0, 0.05) is 12.3 Å². The van der Waals surface area contributed by atoms with E-state index < -0.39 is 6.10 Å². The minimum absolute atomic E-state index is 0.0521. The van der Waals surface area contributed by atoms with Gasteiger partial charge in [-0.3, -0.25) is 0 Å². The highest BCUT2D eigenvalue weighted by molar-refractivity contribution is 6.29. The second-order valence-electron chi connectivity index (χ2n) is 3.77. The highest BCUT2D eigenvalue weighted by atomic mass is 35.5. The van der Waals surface area contributed by atoms with Crippen molar-refractivity contribution in [1.82, 2.24) is 4.98 Å². The van der Waals surface area contributed by atoms with Crippen molar-refractivity contribution in [2.24, 2.45) is 0 Å². The second kappa shape index (κ2) is 3.37. The summed E-state index contributed by atoms with van der Waals surface area (Å²) in [5, 5.41) is 10.3. The van der Waals surface area contributed by atoms with Gasteiger partial charge in [-0.1, -0.05) is 29.8 Å². The Balaban J connectivity index is 2.49. The quantitative estimate of drug-likeness (QED) is 0.569. The van der Waals surface area contributed by atoms with Crippen molar-refractivity contribution >= 4 is 11.6 Å². The van der Waals surface area contributed by atoms with E-state index >= 15 is 0 Å². The first kappa shape index (κ1) is 9.69. The average Bonchev–Trinajstić information content (AvgIpc) is 2.40. The van der Waals surface area contributed by atoms with Crippen molar-refractivity contribution in [3.8, 4) is 0 Å². The molecule has 0 fully saturated rings. The van der Waals surface area contributed by atoms with Gasteiger partial charge in [-0.2, -0.15) is 0 Å². The van der Waals surface area contributed by atoms with E-state index in [1.807, 2.05) is 13.0 Å². The molecule has 0 amide bonds. The van der Waals surface area contributed by atoms with Crippen molar-refractivity contribution in [2.45, 2.75) is 25.4 Å². The van der Waals surface area contributed by atoms with Gasteiger partial charge in [0.05, 0.1) is 11.8 Å². The van der Waals surface area contributed by atoms with Gasteiger partial charge in [0.2, 0.25) is 0 Å². The van der Waals surface area contributed by atoms with Crippen molar-refractivity contribution in [3.05, 3.63) is 40.7 Å². The van der Waals surface area contributed by atoms with Crippen molar-refractivity contribution in [2.75, 3.05) is 0 Å². The maximum atomic E-state index is 9.83. The van der Waals surface area contributed by atoms with Gasteiger partial charge in [-0.25, -0.2) is 4.98 Å². The first-order valence-corrected chi connectivity index (χ1v) is 4.96. The fourth-order valence-electron chi connectivity index (χ4n) is 2.01. The predicted molar refractivity (Wildman–Crippen MR) is 56.5 cm³/mol. The topological polar surface area (TPSA) is 33.1 Å². The highest BCUT2D eigenvalue weighted by Crippen LogP contribution is 2.36. The van der Waals surface area contributed by atoms with Crippen LogP contribution in [0.25, 0.3) is 0 Å². The van der Waals surface area contributed by atoms with Crippen molar-refractivity contribution in [3.63, 3.8) is 0 Å². The molecule has 2 nitrogen and oxygen atoms in total. The molecule has 2 rings (SSSR count). The lowest BCUT2D eigenvalue weighted by molar-refractivity contribution is 0.167. The number of halogens is 1. The van der Waals surface area contributed by atoms with Crippen LogP contribution in [0.2, 0.25) is 5.15 Å². The largest absolute Gasteiger partial charge is 0.392 e. The summed E-state index contributed by atoms with van der Waals surface area (Å²) in [5.74, 6) is -0.0521. The molecule has 1 aliphatic rings. The molecule has 3 heteroatoms. The molecule has 0 bridgehead atoms. The van der Waals surface area contributed by atoms with Crippen molar-refractivity contribution in [1.29, 1.82) is 0 Å². The minimum Gasteiger partial charge on any atom is -0.392 e. The fraction of sp³-hybridized carbons (Fsp3) is 0.364. The van der Waals surface area contributed by atoms with Crippen LogP contribution >= 0.6 is 11.6 Å². The van der Waals surface area contributed by atoms with Crippen LogP contribution in [-0.4, -0.2) is 16.2 Å². The summed E-state index contributed by atoms with van der Waals surface area (Å²) >= 11 is 5.82. The van der Waals surface area contributed by atoms with Crippen LogP contribution in [0.4, 0.5) is 0 Å². The average molecular weight is 210 g/mol. The van der Waals surface area contributed by atoms with E-state index in [1.54, 1.807) is 6.07 Å². The van der Waals surface area contributed by atoms with Gasteiger partial charge < -0.3 is 5.11 Å². The van der Waals surface area contributed by atoms with E-state index in [0.717, 1.165) is 16.8 Å². The smallest absolute Gasteiger partial charge is 0.129 e. The Morgan fingerprint density at radius 1 is 1.64 bits per heavy atom. The molecule has 0 saturated heterocycles. The third-order valence-corrected chi connectivity index (χ3v) is 2.83. The monoisotopic (exact) mass is 209 g/mol. The highest BCUT2D eigenvalue weighted by Gasteiger charge is 2.32. The van der Waals surface area contributed by atoms with E-state index in [2.05, 4.69) is 11.6 Å². The number of rotatable bonds is 1. The number of hydrogen-bond donors (Lipinski definition) is 1. The molecular weight excluding hydrogens is 198 g/mol. The van der Waals surface area contributed by atoms with E-state index in [1.165, 1.54) is 0 Å². The summed E-state index contributed by atoms with van der Waals surface area (Å²) in [6.45, 7) is 5.78. The van der Waals surface area contributed by atoms with Crippen LogP contribution in [0, 0.1) is 0 Å². The van der Waals surface area contributed by atoms with Crippen LogP contribution in [-0.2, 0) is 6.42 Å². The van der Waals surface area contributed by atoms with E-state index in [0.29, 0.717) is 11.6 Å². The van der Waals surface area contributed by atoms with E-state index in [-0.39, 0.29) is 5.92 Å². The lowest BCUT2D eigenvalue weighted by Crippen LogP contribution is -2.14. The lowest BCUT2D eigenvalue weighted by Gasteiger charge is -2.14. The minimum atomic E-state index is -0.395. The Morgan fingerprint density at radius 2 is 2.36 bits per heavy atom. The Morgan fingerprint density at radius 3 is 3.00 bits per heavy atom. The number of aromatic nitrogens is 1. The third-order valence-electron chi connectivity index (χ3n) is 2.62. The molecule has 0 aromatic carbocycles. The Labute approximate surface area is 88.2 Å². The Hall–Kier alpha value is -0.860. The fourth-order valence-corrected chi connectivity index (χ4v) is 2.16. The predicted octanol–water partition coefficient (Wildman–Crippen LogP) is 2.31. The second-order valence-corrected chi connectivity index (χ2v) is 4.16. The molecule has 0 radical (unpaired) electrons. The first-order valence-electron chi connectivity index (χ1n) is 4.58. The number of aliphatic hydroxyl groups is 1. The molecule has 1 aliphatic carbocycles. The maximum Gasteiger partial charge on any atom is 0.129 e. The molecule has 0 unspecified atom stereocenters. The van der Waals surface area contributed by atoms with Gasteiger partial charge in [0.25, 0.3) is 0 Å². The van der Waals surface area contributed by atoms with Gasteiger partial charge in [0.1, 0.15) is 5.15 Å². The number of aliphatic hydroxyl groups excluding tert-OH is 1. The molecule has 74 valence electrons. The zero-order chi connectivity index (χ0) is 10.3. The number of nitrogens with zero attached hydrogens (tertiary/aromatic N) is 1. The Bertz CT molecular complexity index is 389. The standard InChI is InChI=1S/C11H12ClNO/c1-6(2)10-8(14)5-7-3-4-9(12)13-11(7)10/h3-4,8,10,14H,1,5H2,2H3/t8-,10+/m0/s1. The maximum absolute atomic E-state index is 9.83. The SMILES string of the molecule is C=C(C)[C@H]1c2nc(Cl)ccc2C[C@@H]1O. The van der Waals surface area contributed by atoms with Gasteiger partial charge in [-0.05, 0) is 18.6 Å². The molecule has 0 spiro atoms. The van der Waals surface area contributed by atoms with Crippen LogP contribution in [0.5, 0.6) is 0 Å². The summed E-state index contributed by atoms with van der Waals surface area (Å²) in [5.41, 5.74) is 2.90. The molecule has 0 aliphatic heterocycles. The number of pyridine rings is 1. The molecule has 0 saturated carbocycles. The van der Waals surface area contributed by atoms with Crippen LogP contribution in [0.1, 0.15) is 24.1 Å². The van der Waals surface area contributed by atoms with Crippen LogP contribution in [0.15, 0.2) is 24.3 Å². The van der Waals surface area contributed by atoms with E-state index in [9.17, 15) is 5.11 Å². The summed E-state index contributed by atoms with van der Waals surface area (Å²) in [6.07, 6.45) is 0.255. The van der Waals surface area contributed by atoms with Gasteiger partial charge in [-0.15, -0.1) is 0 Å². The molecule has 1 aromatic heterocycles. The molecule has 14 heavy (non-hydrogen) atoms. The normalized spacial score (nSPS) is 24.8. The summed E-state index contributed by atoms with van der Waals surface area (Å²) in [7, 11) is 0.